The van der Waals surface area contributed by atoms with Crippen LogP contribution in [0.5, 0.6) is 0 Å². The molecule has 436 valence electrons. The fraction of sp³-hybridized carbons (Fsp3) is 0. The van der Waals surface area contributed by atoms with Gasteiger partial charge in [-0.3, -0.25) is 0 Å². The van der Waals surface area contributed by atoms with Crippen LogP contribution in [0.25, 0.3) is 154 Å². The summed E-state index contributed by atoms with van der Waals surface area (Å²) in [6.45, 7) is 0. The zero-order valence-corrected chi connectivity index (χ0v) is 51.3. The minimum Gasteiger partial charge on any atom is -0.456 e. The summed E-state index contributed by atoms with van der Waals surface area (Å²) in [6, 6.07) is 114. The quantitative estimate of drug-likeness (QED) is 0.149. The van der Waals surface area contributed by atoms with Gasteiger partial charge in [-0.15, -0.1) is 0 Å². The molecule has 0 unspecified atom stereocenters. The predicted octanol–water partition coefficient (Wildman–Crippen LogP) is 21.8. The summed E-state index contributed by atoms with van der Waals surface area (Å²) in [7, 11) is -1.46. The fourth-order valence-electron chi connectivity index (χ4n) is 13.2. The first-order valence-electron chi connectivity index (χ1n) is 30.8. The molecule has 0 fully saturated rings. The third kappa shape index (κ3) is 10.5. The number of fused-ring (bicyclic) bond motifs is 12. The van der Waals surface area contributed by atoms with E-state index in [0.717, 1.165) is 70.8 Å². The van der Waals surface area contributed by atoms with E-state index in [1.165, 1.54) is 88.2 Å². The van der Waals surface area contributed by atoms with E-state index in [-0.39, 0.29) is 0 Å². The third-order valence-electron chi connectivity index (χ3n) is 17.5. The van der Waals surface area contributed by atoms with Crippen LogP contribution in [-0.4, -0.2) is 26.3 Å². The molecule has 0 saturated carbocycles. The zero-order valence-electron chi connectivity index (χ0n) is 49.7. The lowest BCUT2D eigenvalue weighted by molar-refractivity contribution is 0.425. The van der Waals surface area contributed by atoms with Crippen LogP contribution in [-0.2, 0) is 0 Å². The molecular weight excluding hydrogens is 1190 g/mol. The summed E-state index contributed by atoms with van der Waals surface area (Å²) in [5.74, 6) is 0. The number of hydrogen-bond acceptors (Lipinski definition) is 4. The highest BCUT2D eigenvalue weighted by atomic mass is 79.9. The molecule has 0 bridgehead atoms. The summed E-state index contributed by atoms with van der Waals surface area (Å²) < 4.78 is 17.7. The van der Waals surface area contributed by atoms with Gasteiger partial charge in [0, 0.05) is 58.9 Å². The van der Waals surface area contributed by atoms with Crippen LogP contribution in [0.2, 0.25) is 0 Å². The molecule has 0 saturated heterocycles. The van der Waals surface area contributed by atoms with Crippen molar-refractivity contribution in [1.82, 2.24) is 9.13 Å². The summed E-state index contributed by atoms with van der Waals surface area (Å²) in [5, 5.41) is 28.3. The van der Waals surface area contributed by atoms with E-state index in [1.807, 2.05) is 72.8 Å². The van der Waals surface area contributed by atoms with E-state index in [1.54, 1.807) is 6.07 Å². The van der Waals surface area contributed by atoms with Crippen molar-refractivity contribution < 1.29 is 18.9 Å². The van der Waals surface area contributed by atoms with Gasteiger partial charge < -0.3 is 28.0 Å². The molecule has 8 heteroatoms. The normalized spacial score (nSPS) is 11.4. The Labute approximate surface area is 539 Å². The molecule has 4 aromatic heterocycles. The minimum atomic E-state index is -1.46. The van der Waals surface area contributed by atoms with Crippen LogP contribution >= 0.6 is 15.9 Å². The second-order valence-electron chi connectivity index (χ2n) is 23.1. The van der Waals surface area contributed by atoms with Crippen molar-refractivity contribution in [3.05, 3.63) is 332 Å². The van der Waals surface area contributed by atoms with Gasteiger partial charge in [0.1, 0.15) is 22.3 Å². The SMILES string of the molecule is Brc1cc(-c2ccccc2)cc(-c2ccc3oc4ccccc4c3c2)c1.OB(O)c1cccc(-n2c3ccccc3c3ccccc32)c1.c1ccc(-c2cc(-c3cccc(-n4c5ccccc5c5ccccc54)c3)cc(-c3ccc4oc5ccccc5c4c3)c2)cc1. The van der Waals surface area contributed by atoms with Gasteiger partial charge in [0.05, 0.1) is 22.1 Å². The second-order valence-corrected chi connectivity index (χ2v) is 24.1. The largest absolute Gasteiger partial charge is 0.488 e. The molecule has 4 heterocycles. The Hall–Kier alpha value is -11.3. The molecule has 6 nitrogen and oxygen atoms in total. The van der Waals surface area contributed by atoms with Crippen LogP contribution in [0, 0.1) is 0 Å². The number of furan rings is 2. The Balaban J connectivity index is 0.000000119. The third-order valence-corrected chi connectivity index (χ3v) is 17.9. The van der Waals surface area contributed by atoms with Gasteiger partial charge in [-0.05, 0) is 182 Å². The van der Waals surface area contributed by atoms with Gasteiger partial charge in [-0.1, -0.05) is 222 Å². The highest BCUT2D eigenvalue weighted by molar-refractivity contribution is 9.10. The highest BCUT2D eigenvalue weighted by Gasteiger charge is 2.18. The van der Waals surface area contributed by atoms with E-state index in [4.69, 9.17) is 8.83 Å². The number of benzene rings is 14. The monoisotopic (exact) mass is 1250 g/mol. The summed E-state index contributed by atoms with van der Waals surface area (Å²) in [4.78, 5) is 0. The van der Waals surface area contributed by atoms with Gasteiger partial charge in [0.25, 0.3) is 0 Å². The summed E-state index contributed by atoms with van der Waals surface area (Å²) in [5.41, 5.74) is 22.8. The first-order valence-corrected chi connectivity index (χ1v) is 31.6. The van der Waals surface area contributed by atoms with E-state index in [9.17, 15) is 10.0 Å². The van der Waals surface area contributed by atoms with Gasteiger partial charge in [0.15, 0.2) is 0 Å². The molecule has 0 spiro atoms. The van der Waals surface area contributed by atoms with Gasteiger partial charge in [-0.25, -0.2) is 0 Å². The zero-order chi connectivity index (χ0) is 61.7. The maximum atomic E-state index is 9.42. The van der Waals surface area contributed by atoms with E-state index in [2.05, 4.69) is 274 Å². The van der Waals surface area contributed by atoms with Crippen molar-refractivity contribution >= 4 is 116 Å². The number of aromatic nitrogens is 2. The highest BCUT2D eigenvalue weighted by Crippen LogP contribution is 2.40. The molecule has 0 aliphatic heterocycles. The lowest BCUT2D eigenvalue weighted by atomic mass is 9.80. The molecule has 0 atom stereocenters. The van der Waals surface area contributed by atoms with Crippen LogP contribution in [0.4, 0.5) is 0 Å². The lowest BCUT2D eigenvalue weighted by Crippen LogP contribution is -2.29. The Morgan fingerprint density at radius 2 is 0.565 bits per heavy atom. The average Bonchev–Trinajstić information content (AvgIpc) is 1.61. The average molecular weight is 1250 g/mol. The smallest absolute Gasteiger partial charge is 0.456 e. The molecule has 0 aliphatic rings. The van der Waals surface area contributed by atoms with Crippen molar-refractivity contribution in [1.29, 1.82) is 0 Å². The summed E-state index contributed by atoms with van der Waals surface area (Å²) in [6.07, 6.45) is 0. The maximum Gasteiger partial charge on any atom is 0.488 e. The van der Waals surface area contributed by atoms with Gasteiger partial charge in [0.2, 0.25) is 0 Å². The fourth-order valence-corrected chi connectivity index (χ4v) is 13.7. The number of nitrogens with zero attached hydrogens (tertiary/aromatic N) is 2. The Morgan fingerprint density at radius 3 is 1.01 bits per heavy atom. The molecule has 0 amide bonds. The standard InChI is InChI=1S/C42H27NO.C24H15BrO.C18H14BNO2/c1-2-11-28(12-3-1)31-23-32(25-33(24-31)30-21-22-42-38(27-30)37-17-6-9-20-41(37)44-42)29-13-10-14-34(26-29)43-39-18-7-4-15-35(39)36-16-5-8-19-40(36)43;25-20-13-18(16-6-2-1-3-7-16)12-19(14-20)17-10-11-24-22(15-17)21-8-4-5-9-23(21)26-24;21-19(22)13-6-5-7-14(12-13)20-17-10-3-1-8-15(17)16-9-2-4-11-18(16)20/h1-27H;1-15H;1-12,21-22H. The molecule has 2 N–H and O–H groups in total. The van der Waals surface area contributed by atoms with Gasteiger partial charge >= 0.3 is 7.12 Å². The van der Waals surface area contributed by atoms with Crippen molar-refractivity contribution in [3.63, 3.8) is 0 Å². The molecule has 14 aromatic carbocycles. The first kappa shape index (κ1) is 56.0. The Morgan fingerprint density at radius 1 is 0.239 bits per heavy atom. The van der Waals surface area contributed by atoms with Crippen LogP contribution in [0.15, 0.2) is 341 Å². The Bertz CT molecular complexity index is 5680. The number of para-hydroxylation sites is 6. The van der Waals surface area contributed by atoms with Gasteiger partial charge in [-0.2, -0.15) is 0 Å². The second kappa shape index (κ2) is 23.9. The predicted molar refractivity (Wildman–Crippen MR) is 387 cm³/mol. The maximum absolute atomic E-state index is 9.42. The molecule has 18 aromatic rings. The number of rotatable bonds is 8. The minimum absolute atomic E-state index is 0.486. The molecule has 18 rings (SSSR count). The number of hydrogen-bond donors (Lipinski definition) is 2. The van der Waals surface area contributed by atoms with E-state index < -0.39 is 7.12 Å². The van der Waals surface area contributed by atoms with Crippen molar-refractivity contribution in [2.24, 2.45) is 0 Å². The first-order chi connectivity index (χ1) is 45.3. The van der Waals surface area contributed by atoms with Crippen molar-refractivity contribution in [2.75, 3.05) is 0 Å². The molecule has 92 heavy (non-hydrogen) atoms. The Kier molecular flexibility index (Phi) is 14.6. The van der Waals surface area contributed by atoms with Crippen molar-refractivity contribution in [2.45, 2.75) is 0 Å². The number of halogens is 1. The van der Waals surface area contributed by atoms with Crippen molar-refractivity contribution in [3.8, 4) is 67.0 Å². The van der Waals surface area contributed by atoms with E-state index in [0.29, 0.717) is 5.46 Å². The van der Waals surface area contributed by atoms with E-state index >= 15 is 0 Å². The van der Waals surface area contributed by atoms with Crippen LogP contribution in [0.1, 0.15) is 0 Å². The summed E-state index contributed by atoms with van der Waals surface area (Å²) >= 11 is 3.67. The molecule has 0 aliphatic carbocycles. The molecular formula is C84H56BBrN2O4. The topological polar surface area (TPSA) is 76.6 Å². The lowest BCUT2D eigenvalue weighted by Gasteiger charge is -2.14. The molecule has 0 radical (unpaired) electrons. The van der Waals surface area contributed by atoms with Crippen LogP contribution in [0.3, 0.4) is 0 Å². The van der Waals surface area contributed by atoms with Crippen LogP contribution < -0.4 is 5.46 Å².